The highest BCUT2D eigenvalue weighted by Crippen LogP contribution is 2.28. The Morgan fingerprint density at radius 2 is 1.95 bits per heavy atom. The van der Waals surface area contributed by atoms with Crippen molar-refractivity contribution in [1.82, 2.24) is 5.32 Å². The zero-order valence-electron chi connectivity index (χ0n) is 10.9. The second-order valence-electron chi connectivity index (χ2n) is 4.34. The lowest BCUT2D eigenvalue weighted by Gasteiger charge is -2.09. The van der Waals surface area contributed by atoms with Gasteiger partial charge >= 0.3 is 0 Å². The highest BCUT2D eigenvalue weighted by atomic mass is 32.1. The molecule has 0 unspecified atom stereocenters. The van der Waals surface area contributed by atoms with Crippen molar-refractivity contribution in [3.05, 3.63) is 53.6 Å². The Bertz CT molecular complexity index is 677. The Hall–Kier alpha value is -2.08. The molecule has 0 atom stereocenters. The van der Waals surface area contributed by atoms with E-state index in [0.717, 1.165) is 12.1 Å². The molecular formula is C15H13F2NO2S. The van der Waals surface area contributed by atoms with E-state index in [0.29, 0.717) is 17.9 Å². The van der Waals surface area contributed by atoms with Crippen LogP contribution in [0.2, 0.25) is 0 Å². The fraction of sp³-hybridized carbons (Fsp3) is 0.133. The summed E-state index contributed by atoms with van der Waals surface area (Å²) >= 11 is 3.97. The maximum absolute atomic E-state index is 13.8. The van der Waals surface area contributed by atoms with Crippen LogP contribution in [-0.4, -0.2) is 23.3 Å². The van der Waals surface area contributed by atoms with E-state index < -0.39 is 17.5 Å². The number of thiol groups is 1. The van der Waals surface area contributed by atoms with Gasteiger partial charge in [0.2, 0.25) is 0 Å². The van der Waals surface area contributed by atoms with Crippen LogP contribution in [0.15, 0.2) is 36.4 Å². The summed E-state index contributed by atoms with van der Waals surface area (Å²) < 4.78 is 26.7. The van der Waals surface area contributed by atoms with E-state index in [4.69, 9.17) is 0 Å². The number of halogens is 2. The Balaban J connectivity index is 2.40. The smallest absolute Gasteiger partial charge is 0.255 e. The first-order valence-corrected chi connectivity index (χ1v) is 6.83. The van der Waals surface area contributed by atoms with Crippen LogP contribution >= 0.6 is 12.6 Å². The molecule has 0 radical (unpaired) electrons. The van der Waals surface area contributed by atoms with Gasteiger partial charge < -0.3 is 10.4 Å². The van der Waals surface area contributed by atoms with Gasteiger partial charge in [0, 0.05) is 23.9 Å². The van der Waals surface area contributed by atoms with E-state index in [9.17, 15) is 18.7 Å². The normalized spacial score (nSPS) is 10.4. The number of carbonyl (C=O) groups is 1. The standard InChI is InChI=1S/C15H13F2NO2S/c16-10-2-3-11(13(17)8-10)9-1-4-14(19)12(7-9)15(20)18-5-6-21/h1-4,7-8,19,21H,5-6H2,(H,18,20). The van der Waals surface area contributed by atoms with Gasteiger partial charge in [-0.25, -0.2) is 8.78 Å². The van der Waals surface area contributed by atoms with Crippen LogP contribution < -0.4 is 5.32 Å². The summed E-state index contributed by atoms with van der Waals surface area (Å²) in [5, 5.41) is 12.3. The third kappa shape index (κ3) is 3.52. The molecule has 0 bridgehead atoms. The predicted molar refractivity (Wildman–Crippen MR) is 79.6 cm³/mol. The molecule has 21 heavy (non-hydrogen) atoms. The molecular weight excluding hydrogens is 296 g/mol. The minimum atomic E-state index is -0.734. The van der Waals surface area contributed by atoms with E-state index in [1.165, 1.54) is 24.3 Å². The van der Waals surface area contributed by atoms with Crippen molar-refractivity contribution in [2.45, 2.75) is 0 Å². The molecule has 0 aliphatic carbocycles. The van der Waals surface area contributed by atoms with Crippen molar-refractivity contribution in [2.75, 3.05) is 12.3 Å². The van der Waals surface area contributed by atoms with Crippen LogP contribution in [0.1, 0.15) is 10.4 Å². The second-order valence-corrected chi connectivity index (χ2v) is 4.78. The maximum atomic E-state index is 13.8. The highest BCUT2D eigenvalue weighted by molar-refractivity contribution is 7.80. The van der Waals surface area contributed by atoms with Crippen LogP contribution in [0.5, 0.6) is 5.75 Å². The molecule has 1 amide bonds. The van der Waals surface area contributed by atoms with Crippen LogP contribution in [0.3, 0.4) is 0 Å². The van der Waals surface area contributed by atoms with Gasteiger partial charge in [-0.2, -0.15) is 12.6 Å². The molecule has 0 fully saturated rings. The SMILES string of the molecule is O=C(NCCS)c1cc(-c2ccc(F)cc2F)ccc1O. The molecule has 0 spiro atoms. The number of hydrogen-bond donors (Lipinski definition) is 3. The molecule has 0 heterocycles. The largest absolute Gasteiger partial charge is 0.507 e. The third-order valence-corrected chi connectivity index (χ3v) is 3.10. The van der Waals surface area contributed by atoms with Gasteiger partial charge in [0.05, 0.1) is 5.56 Å². The number of phenolic OH excluding ortho intramolecular Hbond substituents is 1. The van der Waals surface area contributed by atoms with Crippen LogP contribution in [-0.2, 0) is 0 Å². The predicted octanol–water partition coefficient (Wildman–Crippen LogP) is 3.00. The van der Waals surface area contributed by atoms with Gasteiger partial charge in [-0.05, 0) is 29.8 Å². The Kier molecular flexibility index (Phi) is 4.80. The number of amides is 1. The van der Waals surface area contributed by atoms with Gasteiger partial charge in [0.25, 0.3) is 5.91 Å². The highest BCUT2D eigenvalue weighted by Gasteiger charge is 2.14. The third-order valence-electron chi connectivity index (χ3n) is 2.88. The molecule has 0 aliphatic rings. The van der Waals surface area contributed by atoms with Crippen LogP contribution in [0, 0.1) is 11.6 Å². The lowest BCUT2D eigenvalue weighted by Crippen LogP contribution is -2.25. The number of nitrogens with one attached hydrogen (secondary N) is 1. The number of carbonyl (C=O) groups excluding carboxylic acids is 1. The topological polar surface area (TPSA) is 49.3 Å². The summed E-state index contributed by atoms with van der Waals surface area (Å²) in [7, 11) is 0. The molecule has 110 valence electrons. The quantitative estimate of drug-likeness (QED) is 0.761. The molecule has 0 aliphatic heterocycles. The molecule has 3 nitrogen and oxygen atoms in total. The van der Waals surface area contributed by atoms with E-state index in [1.807, 2.05) is 0 Å². The van der Waals surface area contributed by atoms with E-state index in [-0.39, 0.29) is 16.9 Å². The summed E-state index contributed by atoms with van der Waals surface area (Å²) in [6.45, 7) is 0.344. The first kappa shape index (κ1) is 15.3. The molecule has 0 saturated heterocycles. The maximum Gasteiger partial charge on any atom is 0.255 e. The average Bonchev–Trinajstić information content (AvgIpc) is 2.45. The zero-order valence-corrected chi connectivity index (χ0v) is 11.8. The molecule has 0 saturated carbocycles. The van der Waals surface area contributed by atoms with Crippen molar-refractivity contribution < 1.29 is 18.7 Å². The van der Waals surface area contributed by atoms with Crippen molar-refractivity contribution >= 4 is 18.5 Å². The fourth-order valence-electron chi connectivity index (χ4n) is 1.87. The average molecular weight is 309 g/mol. The molecule has 2 N–H and O–H groups in total. The minimum Gasteiger partial charge on any atom is -0.507 e. The van der Waals surface area contributed by atoms with Gasteiger partial charge in [-0.1, -0.05) is 6.07 Å². The van der Waals surface area contributed by atoms with Gasteiger partial charge in [0.1, 0.15) is 17.4 Å². The molecule has 0 aromatic heterocycles. The first-order valence-electron chi connectivity index (χ1n) is 6.20. The minimum absolute atomic E-state index is 0.0259. The fourth-order valence-corrected chi connectivity index (χ4v) is 1.99. The van der Waals surface area contributed by atoms with Crippen molar-refractivity contribution in [1.29, 1.82) is 0 Å². The molecule has 2 rings (SSSR count). The second kappa shape index (κ2) is 6.58. The molecule has 2 aromatic carbocycles. The number of aromatic hydroxyl groups is 1. The summed E-state index contributed by atoms with van der Waals surface area (Å²) in [6.07, 6.45) is 0. The first-order chi connectivity index (χ1) is 10.0. The monoisotopic (exact) mass is 309 g/mol. The number of phenols is 1. The van der Waals surface area contributed by atoms with E-state index >= 15 is 0 Å². The summed E-state index contributed by atoms with van der Waals surface area (Å²) in [4.78, 5) is 11.9. The summed E-state index contributed by atoms with van der Waals surface area (Å²) in [6, 6.07) is 7.30. The number of hydrogen-bond acceptors (Lipinski definition) is 3. The van der Waals surface area contributed by atoms with Crippen molar-refractivity contribution in [3.8, 4) is 16.9 Å². The van der Waals surface area contributed by atoms with Gasteiger partial charge in [-0.15, -0.1) is 0 Å². The zero-order chi connectivity index (χ0) is 15.4. The van der Waals surface area contributed by atoms with Crippen LogP contribution in [0.25, 0.3) is 11.1 Å². The molecule has 6 heteroatoms. The van der Waals surface area contributed by atoms with E-state index in [2.05, 4.69) is 17.9 Å². The van der Waals surface area contributed by atoms with Crippen LogP contribution in [0.4, 0.5) is 8.78 Å². The lowest BCUT2D eigenvalue weighted by atomic mass is 10.0. The lowest BCUT2D eigenvalue weighted by molar-refractivity contribution is 0.0953. The Morgan fingerprint density at radius 1 is 1.19 bits per heavy atom. The van der Waals surface area contributed by atoms with Crippen molar-refractivity contribution in [3.63, 3.8) is 0 Å². The number of benzene rings is 2. The number of rotatable bonds is 4. The van der Waals surface area contributed by atoms with Gasteiger partial charge in [-0.3, -0.25) is 4.79 Å². The van der Waals surface area contributed by atoms with Gasteiger partial charge in [0.15, 0.2) is 0 Å². The Labute approximate surface area is 126 Å². The van der Waals surface area contributed by atoms with Crippen molar-refractivity contribution in [2.24, 2.45) is 0 Å². The summed E-state index contributed by atoms with van der Waals surface area (Å²) in [5.74, 6) is -1.65. The Morgan fingerprint density at radius 3 is 2.62 bits per heavy atom. The van der Waals surface area contributed by atoms with E-state index in [1.54, 1.807) is 0 Å². The molecule has 2 aromatic rings. The summed E-state index contributed by atoms with van der Waals surface area (Å²) in [5.41, 5.74) is 0.555.